The molecule has 0 radical (unpaired) electrons. The Bertz CT molecular complexity index is 744. The van der Waals surface area contributed by atoms with Crippen LogP contribution in [0.25, 0.3) is 0 Å². The summed E-state index contributed by atoms with van der Waals surface area (Å²) < 4.78 is 0. The van der Waals surface area contributed by atoms with E-state index in [9.17, 15) is 14.4 Å². The van der Waals surface area contributed by atoms with Gasteiger partial charge < -0.3 is 10.2 Å². The van der Waals surface area contributed by atoms with Crippen LogP contribution < -0.4 is 10.8 Å². The van der Waals surface area contributed by atoms with E-state index in [1.165, 1.54) is 11.8 Å². The minimum absolute atomic E-state index is 0.0664. The van der Waals surface area contributed by atoms with Gasteiger partial charge >= 0.3 is 0 Å². The fourth-order valence-electron chi connectivity index (χ4n) is 2.83. The lowest BCUT2D eigenvalue weighted by molar-refractivity contribution is -0.121. The molecule has 1 aromatic carbocycles. The average Bonchev–Trinajstić information content (AvgIpc) is 3.31. The van der Waals surface area contributed by atoms with E-state index in [-0.39, 0.29) is 24.1 Å². The molecule has 0 saturated carbocycles. The third-order valence-corrected chi connectivity index (χ3v) is 5.43. The summed E-state index contributed by atoms with van der Waals surface area (Å²) in [5.41, 5.74) is 3.29. The fraction of sp³-hybridized carbons (Fsp3) is 0.444. The number of nitrogens with zero attached hydrogens (tertiary/aromatic N) is 2. The van der Waals surface area contributed by atoms with Crippen molar-refractivity contribution in [2.45, 2.75) is 31.4 Å². The number of amidine groups is 1. The Morgan fingerprint density at radius 2 is 1.96 bits per heavy atom. The lowest BCUT2D eigenvalue weighted by Gasteiger charge is -2.16. The predicted octanol–water partition coefficient (Wildman–Crippen LogP) is 1.79. The number of hydrogen-bond acceptors (Lipinski definition) is 6. The summed E-state index contributed by atoms with van der Waals surface area (Å²) in [4.78, 5) is 47.1. The highest BCUT2D eigenvalue weighted by atomic mass is 32.2. The van der Waals surface area contributed by atoms with Crippen LogP contribution in [0.4, 0.5) is 5.69 Å². The quantitative estimate of drug-likeness (QED) is 0.719. The third-order valence-electron chi connectivity index (χ3n) is 4.22. The van der Waals surface area contributed by atoms with E-state index < -0.39 is 5.25 Å². The standard InChI is InChI=1S/C18H22N4O4S/c1-2-26-21-16(24)12-5-7-13(8-6-12)19-15(23)11-14-17(25)20-18(27-14)22-9-3-4-10-22/h5-8,14H,2-4,9-11H2,1H3,(H,19,23)(H,21,24)/t14-/m0/s1. The van der Waals surface area contributed by atoms with Crippen molar-refractivity contribution in [1.29, 1.82) is 0 Å². The van der Waals surface area contributed by atoms with Crippen LogP contribution in [0, 0.1) is 0 Å². The summed E-state index contributed by atoms with van der Waals surface area (Å²) in [5, 5.41) is 3.01. The number of likely N-dealkylation sites (tertiary alicyclic amines) is 1. The molecule has 0 aromatic heterocycles. The van der Waals surface area contributed by atoms with E-state index in [1.807, 2.05) is 0 Å². The first-order valence-electron chi connectivity index (χ1n) is 8.93. The number of thioether (sulfide) groups is 1. The largest absolute Gasteiger partial charge is 0.351 e. The van der Waals surface area contributed by atoms with Crippen molar-refractivity contribution in [1.82, 2.24) is 10.4 Å². The van der Waals surface area contributed by atoms with Crippen molar-refractivity contribution < 1.29 is 19.2 Å². The topological polar surface area (TPSA) is 100 Å². The molecule has 0 aliphatic carbocycles. The number of carbonyl (C=O) groups excluding carboxylic acids is 3. The second-order valence-electron chi connectivity index (χ2n) is 6.23. The van der Waals surface area contributed by atoms with E-state index in [0.717, 1.165) is 31.1 Å². The van der Waals surface area contributed by atoms with Gasteiger partial charge in [0, 0.05) is 30.8 Å². The van der Waals surface area contributed by atoms with E-state index in [0.29, 0.717) is 17.9 Å². The Kier molecular flexibility index (Phi) is 6.46. The molecular weight excluding hydrogens is 368 g/mol. The fourth-order valence-corrected chi connectivity index (χ4v) is 3.95. The Morgan fingerprint density at radius 1 is 1.26 bits per heavy atom. The molecule has 144 valence electrons. The highest BCUT2D eigenvalue weighted by Crippen LogP contribution is 2.29. The van der Waals surface area contributed by atoms with Gasteiger partial charge in [-0.3, -0.25) is 19.2 Å². The van der Waals surface area contributed by atoms with Crippen LogP contribution in [0.15, 0.2) is 29.3 Å². The Morgan fingerprint density at radius 3 is 2.63 bits per heavy atom. The zero-order chi connectivity index (χ0) is 19.2. The molecule has 1 saturated heterocycles. The molecule has 0 bridgehead atoms. The van der Waals surface area contributed by atoms with Crippen LogP contribution in [-0.4, -0.2) is 52.7 Å². The SMILES string of the molecule is CCONC(=O)c1ccc(NC(=O)C[C@@H]2SC(N3CCCC3)=NC2=O)cc1. The highest BCUT2D eigenvalue weighted by Gasteiger charge is 2.33. The van der Waals surface area contributed by atoms with Crippen LogP contribution in [0.1, 0.15) is 36.5 Å². The van der Waals surface area contributed by atoms with Crippen LogP contribution in [0.3, 0.4) is 0 Å². The molecule has 9 heteroatoms. The van der Waals surface area contributed by atoms with Gasteiger partial charge in [-0.05, 0) is 44.0 Å². The molecule has 0 spiro atoms. The zero-order valence-corrected chi connectivity index (χ0v) is 15.9. The van der Waals surface area contributed by atoms with E-state index in [2.05, 4.69) is 20.7 Å². The van der Waals surface area contributed by atoms with Gasteiger partial charge in [-0.25, -0.2) is 5.48 Å². The van der Waals surface area contributed by atoms with Crippen molar-refractivity contribution in [2.75, 3.05) is 25.0 Å². The molecule has 1 atom stereocenters. The van der Waals surface area contributed by atoms with Crippen molar-refractivity contribution in [3.8, 4) is 0 Å². The monoisotopic (exact) mass is 390 g/mol. The smallest absolute Gasteiger partial charge is 0.274 e. The lowest BCUT2D eigenvalue weighted by atomic mass is 10.2. The molecule has 2 aliphatic heterocycles. The summed E-state index contributed by atoms with van der Waals surface area (Å²) in [6.45, 7) is 3.98. The normalized spacial score (nSPS) is 19.1. The van der Waals surface area contributed by atoms with Crippen molar-refractivity contribution >= 4 is 40.3 Å². The number of nitrogens with one attached hydrogen (secondary N) is 2. The summed E-state index contributed by atoms with van der Waals surface area (Å²) >= 11 is 1.37. The van der Waals surface area contributed by atoms with Gasteiger partial charge in [-0.2, -0.15) is 4.99 Å². The number of amides is 3. The molecule has 8 nitrogen and oxygen atoms in total. The maximum Gasteiger partial charge on any atom is 0.274 e. The van der Waals surface area contributed by atoms with Gasteiger partial charge in [0.25, 0.3) is 11.8 Å². The first-order chi connectivity index (χ1) is 13.1. The van der Waals surface area contributed by atoms with Crippen LogP contribution in [0.2, 0.25) is 0 Å². The number of hydroxylamine groups is 1. The second kappa shape index (κ2) is 9.01. The Labute approximate surface area is 161 Å². The number of hydrogen-bond donors (Lipinski definition) is 2. The van der Waals surface area contributed by atoms with E-state index in [4.69, 9.17) is 4.84 Å². The molecule has 27 heavy (non-hydrogen) atoms. The molecule has 0 unspecified atom stereocenters. The van der Waals surface area contributed by atoms with Crippen LogP contribution in [0.5, 0.6) is 0 Å². The van der Waals surface area contributed by atoms with Crippen LogP contribution in [-0.2, 0) is 14.4 Å². The first-order valence-corrected chi connectivity index (χ1v) is 9.81. The van der Waals surface area contributed by atoms with Gasteiger partial charge in [0.2, 0.25) is 5.91 Å². The maximum absolute atomic E-state index is 12.3. The molecular formula is C18H22N4O4S. The summed E-state index contributed by atoms with van der Waals surface area (Å²) in [6.07, 6.45) is 2.28. The van der Waals surface area contributed by atoms with Crippen molar-refractivity contribution in [2.24, 2.45) is 4.99 Å². The first kappa shape index (κ1) is 19.4. The maximum atomic E-state index is 12.3. The average molecular weight is 390 g/mol. The van der Waals surface area contributed by atoms with E-state index in [1.54, 1.807) is 31.2 Å². The summed E-state index contributed by atoms with van der Waals surface area (Å²) in [7, 11) is 0. The number of rotatable bonds is 6. The van der Waals surface area contributed by atoms with Crippen LogP contribution >= 0.6 is 11.8 Å². The van der Waals surface area contributed by atoms with Gasteiger partial charge in [0.05, 0.1) is 6.61 Å². The van der Waals surface area contributed by atoms with Crippen molar-refractivity contribution in [3.05, 3.63) is 29.8 Å². The van der Waals surface area contributed by atoms with Gasteiger partial charge in [0.1, 0.15) is 5.25 Å². The second-order valence-corrected chi connectivity index (χ2v) is 7.40. The van der Waals surface area contributed by atoms with E-state index >= 15 is 0 Å². The lowest BCUT2D eigenvalue weighted by Crippen LogP contribution is -2.25. The van der Waals surface area contributed by atoms with Crippen molar-refractivity contribution in [3.63, 3.8) is 0 Å². The minimum Gasteiger partial charge on any atom is -0.351 e. The molecule has 3 amide bonds. The number of anilines is 1. The Hall–Kier alpha value is -2.39. The van der Waals surface area contributed by atoms with Gasteiger partial charge in [-0.1, -0.05) is 11.8 Å². The predicted molar refractivity (Wildman–Crippen MR) is 103 cm³/mol. The summed E-state index contributed by atoms with van der Waals surface area (Å²) in [6, 6.07) is 6.45. The highest BCUT2D eigenvalue weighted by molar-refractivity contribution is 8.15. The molecule has 2 aliphatic rings. The summed E-state index contributed by atoms with van der Waals surface area (Å²) in [5.74, 6) is -0.862. The molecule has 2 heterocycles. The molecule has 2 N–H and O–H groups in total. The number of benzene rings is 1. The minimum atomic E-state index is -0.475. The van der Waals surface area contributed by atoms with Gasteiger partial charge in [-0.15, -0.1) is 0 Å². The molecule has 3 rings (SSSR count). The zero-order valence-electron chi connectivity index (χ0n) is 15.1. The molecule has 1 aromatic rings. The number of carbonyl (C=O) groups is 3. The number of aliphatic imine (C=N–C) groups is 1. The van der Waals surface area contributed by atoms with Gasteiger partial charge in [0.15, 0.2) is 5.17 Å². The molecule has 1 fully saturated rings. The Balaban J connectivity index is 1.49. The third kappa shape index (κ3) is 5.08.